The highest BCUT2D eigenvalue weighted by Gasteiger charge is 2.33. The summed E-state index contributed by atoms with van der Waals surface area (Å²) in [5.74, 6) is -0.448. The second kappa shape index (κ2) is 8.96. The van der Waals surface area contributed by atoms with Gasteiger partial charge in [0.15, 0.2) is 4.80 Å². The molecule has 0 N–H and O–H groups in total. The van der Waals surface area contributed by atoms with Gasteiger partial charge in [-0.3, -0.25) is 9.36 Å². The highest BCUT2D eigenvalue weighted by Crippen LogP contribution is 2.30. The SMILES string of the molecule is CCOC(=O)C1=C(C)N=c2sc(=Cc3ccc(N(C)C)cc3)c(=O)n2C1c1ccccc1. The van der Waals surface area contributed by atoms with Gasteiger partial charge >= 0.3 is 5.97 Å². The Morgan fingerprint density at radius 1 is 1.16 bits per heavy atom. The Morgan fingerprint density at radius 3 is 2.47 bits per heavy atom. The van der Waals surface area contributed by atoms with Crippen molar-refractivity contribution in [3.8, 4) is 0 Å². The highest BCUT2D eigenvalue weighted by molar-refractivity contribution is 7.07. The molecule has 0 spiro atoms. The quantitative estimate of drug-likeness (QED) is 0.565. The molecule has 1 atom stereocenters. The molecule has 1 unspecified atom stereocenters. The third-order valence-electron chi connectivity index (χ3n) is 5.34. The molecule has 0 fully saturated rings. The lowest BCUT2D eigenvalue weighted by Crippen LogP contribution is -2.39. The number of aromatic nitrogens is 1. The van der Waals surface area contributed by atoms with Crippen LogP contribution in [0.1, 0.15) is 31.0 Å². The van der Waals surface area contributed by atoms with Gasteiger partial charge in [-0.1, -0.05) is 53.8 Å². The first-order valence-electron chi connectivity index (χ1n) is 10.4. The van der Waals surface area contributed by atoms with Crippen molar-refractivity contribution in [1.82, 2.24) is 4.57 Å². The lowest BCUT2D eigenvalue weighted by atomic mass is 9.96. The number of allylic oxidation sites excluding steroid dienone is 1. The predicted octanol–water partition coefficient (Wildman–Crippen LogP) is 2.86. The molecule has 2 aromatic carbocycles. The zero-order valence-corrected chi connectivity index (χ0v) is 19.3. The van der Waals surface area contributed by atoms with E-state index in [1.54, 1.807) is 18.4 Å². The van der Waals surface area contributed by atoms with Crippen LogP contribution in [-0.4, -0.2) is 31.2 Å². The van der Waals surface area contributed by atoms with E-state index in [-0.39, 0.29) is 12.2 Å². The minimum atomic E-state index is -0.579. The number of anilines is 1. The number of ether oxygens (including phenoxy) is 1. The van der Waals surface area contributed by atoms with Gasteiger partial charge in [-0.15, -0.1) is 0 Å². The zero-order chi connectivity index (χ0) is 22.8. The monoisotopic (exact) mass is 447 g/mol. The van der Waals surface area contributed by atoms with Crippen molar-refractivity contribution >= 4 is 29.1 Å². The zero-order valence-electron chi connectivity index (χ0n) is 18.5. The van der Waals surface area contributed by atoms with Gasteiger partial charge in [-0.2, -0.15) is 0 Å². The van der Waals surface area contributed by atoms with E-state index < -0.39 is 12.0 Å². The average molecular weight is 448 g/mol. The molecule has 1 aromatic heterocycles. The maximum atomic E-state index is 13.5. The molecule has 1 aliphatic rings. The first kappa shape index (κ1) is 21.8. The van der Waals surface area contributed by atoms with Crippen molar-refractivity contribution in [3.63, 3.8) is 0 Å². The van der Waals surface area contributed by atoms with Crippen LogP contribution in [0.15, 0.2) is 75.7 Å². The van der Waals surface area contributed by atoms with Gasteiger partial charge in [0, 0.05) is 19.8 Å². The normalized spacial score (nSPS) is 15.9. The molecule has 0 saturated carbocycles. The van der Waals surface area contributed by atoms with E-state index in [9.17, 15) is 9.59 Å². The molecule has 4 rings (SSSR count). The Morgan fingerprint density at radius 2 is 1.84 bits per heavy atom. The van der Waals surface area contributed by atoms with Gasteiger partial charge in [-0.05, 0) is 43.2 Å². The molecule has 32 heavy (non-hydrogen) atoms. The van der Waals surface area contributed by atoms with Crippen LogP contribution in [0.4, 0.5) is 5.69 Å². The van der Waals surface area contributed by atoms with Crippen LogP contribution in [0, 0.1) is 0 Å². The summed E-state index contributed by atoms with van der Waals surface area (Å²) in [6.07, 6.45) is 1.87. The van der Waals surface area contributed by atoms with Crippen LogP contribution in [0.5, 0.6) is 0 Å². The van der Waals surface area contributed by atoms with Crippen molar-refractivity contribution in [2.45, 2.75) is 19.9 Å². The van der Waals surface area contributed by atoms with Crippen molar-refractivity contribution in [1.29, 1.82) is 0 Å². The molecule has 0 radical (unpaired) electrons. The molecule has 6 nitrogen and oxygen atoms in total. The number of esters is 1. The number of carbonyl (C=O) groups excluding carboxylic acids is 1. The topological polar surface area (TPSA) is 63.9 Å². The van der Waals surface area contributed by atoms with E-state index in [0.29, 0.717) is 20.6 Å². The third kappa shape index (κ3) is 4.03. The summed E-state index contributed by atoms with van der Waals surface area (Å²) in [7, 11) is 3.97. The number of hydrogen-bond acceptors (Lipinski definition) is 6. The van der Waals surface area contributed by atoms with Crippen molar-refractivity contribution in [3.05, 3.63) is 96.7 Å². The minimum Gasteiger partial charge on any atom is -0.463 e. The lowest BCUT2D eigenvalue weighted by Gasteiger charge is -2.24. The molecule has 0 amide bonds. The summed E-state index contributed by atoms with van der Waals surface area (Å²) in [4.78, 5) is 33.5. The Hall–Kier alpha value is -3.45. The first-order chi connectivity index (χ1) is 15.4. The van der Waals surface area contributed by atoms with Crippen molar-refractivity contribution in [2.24, 2.45) is 4.99 Å². The van der Waals surface area contributed by atoms with Gasteiger partial charge < -0.3 is 9.64 Å². The minimum absolute atomic E-state index is 0.173. The summed E-state index contributed by atoms with van der Waals surface area (Å²) in [5, 5.41) is 0. The van der Waals surface area contributed by atoms with E-state index in [2.05, 4.69) is 4.99 Å². The van der Waals surface area contributed by atoms with Crippen LogP contribution in [-0.2, 0) is 9.53 Å². The molecular formula is C25H25N3O3S. The van der Waals surface area contributed by atoms with Crippen molar-refractivity contribution in [2.75, 3.05) is 25.6 Å². The van der Waals surface area contributed by atoms with Gasteiger partial charge in [-0.25, -0.2) is 9.79 Å². The largest absolute Gasteiger partial charge is 0.463 e. The van der Waals surface area contributed by atoms with Gasteiger partial charge in [0.05, 0.1) is 28.5 Å². The van der Waals surface area contributed by atoms with E-state index in [1.165, 1.54) is 11.3 Å². The third-order valence-corrected chi connectivity index (χ3v) is 6.32. The van der Waals surface area contributed by atoms with E-state index in [4.69, 9.17) is 4.74 Å². The molecule has 3 aromatic rings. The first-order valence-corrected chi connectivity index (χ1v) is 11.2. The fourth-order valence-electron chi connectivity index (χ4n) is 3.76. The maximum Gasteiger partial charge on any atom is 0.338 e. The maximum absolute atomic E-state index is 13.5. The second-order valence-electron chi connectivity index (χ2n) is 7.70. The smallest absolute Gasteiger partial charge is 0.338 e. The Balaban J connectivity index is 1.89. The van der Waals surface area contributed by atoms with Gasteiger partial charge in [0.1, 0.15) is 0 Å². The highest BCUT2D eigenvalue weighted by atomic mass is 32.1. The van der Waals surface area contributed by atoms with Crippen LogP contribution in [0.3, 0.4) is 0 Å². The molecule has 0 bridgehead atoms. The molecule has 0 aliphatic carbocycles. The molecule has 7 heteroatoms. The second-order valence-corrected chi connectivity index (χ2v) is 8.71. The number of nitrogens with zero attached hydrogens (tertiary/aromatic N) is 3. The number of thiazole rings is 1. The van der Waals surface area contributed by atoms with Crippen LogP contribution in [0.25, 0.3) is 6.08 Å². The van der Waals surface area contributed by atoms with Crippen LogP contribution < -0.4 is 19.8 Å². The number of benzene rings is 2. The van der Waals surface area contributed by atoms with E-state index in [0.717, 1.165) is 16.8 Å². The Bertz CT molecular complexity index is 1350. The molecule has 2 heterocycles. The summed E-state index contributed by atoms with van der Waals surface area (Å²) in [6.45, 7) is 3.81. The van der Waals surface area contributed by atoms with Gasteiger partial charge in [0.2, 0.25) is 0 Å². The average Bonchev–Trinajstić information content (AvgIpc) is 3.08. The molecule has 164 valence electrons. The fraction of sp³-hybridized carbons (Fsp3) is 0.240. The number of hydrogen-bond donors (Lipinski definition) is 0. The predicted molar refractivity (Wildman–Crippen MR) is 128 cm³/mol. The number of rotatable bonds is 5. The van der Waals surface area contributed by atoms with Gasteiger partial charge in [0.25, 0.3) is 5.56 Å². The molecule has 1 aliphatic heterocycles. The lowest BCUT2D eigenvalue weighted by molar-refractivity contribution is -0.139. The summed E-state index contributed by atoms with van der Waals surface area (Å²) in [6, 6.07) is 17.0. The fourth-order valence-corrected chi connectivity index (χ4v) is 4.81. The summed E-state index contributed by atoms with van der Waals surface area (Å²) in [5.41, 5.74) is 3.65. The molecular weight excluding hydrogens is 422 g/mol. The standard InChI is InChI=1S/C25H25N3O3S/c1-5-31-24(30)21-16(2)26-25-28(22(21)18-9-7-6-8-10-18)23(29)20(32-25)15-17-11-13-19(14-12-17)27(3)4/h6-15,22H,5H2,1-4H3. The Kier molecular flexibility index (Phi) is 6.10. The molecule has 0 saturated heterocycles. The van der Waals surface area contributed by atoms with Crippen LogP contribution in [0.2, 0.25) is 0 Å². The number of carbonyl (C=O) groups is 1. The van der Waals surface area contributed by atoms with Crippen LogP contribution >= 0.6 is 11.3 Å². The summed E-state index contributed by atoms with van der Waals surface area (Å²) >= 11 is 1.33. The summed E-state index contributed by atoms with van der Waals surface area (Å²) < 4.78 is 7.49. The Labute approximate surface area is 190 Å². The van der Waals surface area contributed by atoms with E-state index in [1.807, 2.05) is 79.7 Å². The van der Waals surface area contributed by atoms with Crippen molar-refractivity contribution < 1.29 is 9.53 Å². The number of fused-ring (bicyclic) bond motifs is 1. The van der Waals surface area contributed by atoms with E-state index >= 15 is 0 Å².